The van der Waals surface area contributed by atoms with Gasteiger partial charge in [-0.2, -0.15) is 9.50 Å². The van der Waals surface area contributed by atoms with Crippen molar-refractivity contribution in [1.29, 1.82) is 0 Å². The van der Waals surface area contributed by atoms with Crippen LogP contribution in [0.15, 0.2) is 54.6 Å². The maximum absolute atomic E-state index is 9.65. The molecule has 2 aromatic carbocycles. The summed E-state index contributed by atoms with van der Waals surface area (Å²) in [6.07, 6.45) is 0. The third-order valence-electron chi connectivity index (χ3n) is 3.87. The molecule has 4 aromatic rings. The van der Waals surface area contributed by atoms with Crippen LogP contribution in [0, 0.1) is 13.8 Å². The molecule has 2 aromatic heterocycles. The molecule has 2 heterocycles. The standard InChI is InChI=1S/C19H17N5O/c1-12-6-8-14(9-7-12)18-22-19-20-13(2)10-17(24(19)23-18)21-15-4-3-5-16(25)11-15/h3-11,21,25H,1-2H3. The van der Waals surface area contributed by atoms with Crippen molar-refractivity contribution in [1.82, 2.24) is 19.6 Å². The number of rotatable bonds is 3. The molecule has 0 bridgehead atoms. The van der Waals surface area contributed by atoms with Crippen LogP contribution in [-0.4, -0.2) is 24.7 Å². The van der Waals surface area contributed by atoms with Crippen molar-refractivity contribution in [2.75, 3.05) is 5.32 Å². The first-order chi connectivity index (χ1) is 12.1. The number of aromatic hydroxyl groups is 1. The number of benzene rings is 2. The summed E-state index contributed by atoms with van der Waals surface area (Å²) in [4.78, 5) is 9.00. The SMILES string of the molecule is Cc1ccc(-c2nc3nc(C)cc(Nc4cccc(O)c4)n3n2)cc1. The summed E-state index contributed by atoms with van der Waals surface area (Å²) >= 11 is 0. The molecule has 0 amide bonds. The average molecular weight is 331 g/mol. The highest BCUT2D eigenvalue weighted by atomic mass is 16.3. The first kappa shape index (κ1) is 15.1. The number of phenols is 1. The molecular formula is C19H17N5O. The lowest BCUT2D eigenvalue weighted by Gasteiger charge is -2.08. The van der Waals surface area contributed by atoms with Crippen LogP contribution in [0.25, 0.3) is 17.2 Å². The van der Waals surface area contributed by atoms with E-state index in [-0.39, 0.29) is 5.75 Å². The molecule has 0 aliphatic rings. The molecule has 6 nitrogen and oxygen atoms in total. The lowest BCUT2D eigenvalue weighted by Crippen LogP contribution is -2.02. The number of hydrogen-bond donors (Lipinski definition) is 2. The number of nitrogens with zero attached hydrogens (tertiary/aromatic N) is 4. The van der Waals surface area contributed by atoms with Crippen LogP contribution in [0.2, 0.25) is 0 Å². The first-order valence-electron chi connectivity index (χ1n) is 7.96. The van der Waals surface area contributed by atoms with Crippen LogP contribution in [0.3, 0.4) is 0 Å². The third kappa shape index (κ3) is 3.01. The van der Waals surface area contributed by atoms with Gasteiger partial charge in [-0.25, -0.2) is 4.98 Å². The Bertz CT molecular complexity index is 1050. The summed E-state index contributed by atoms with van der Waals surface area (Å²) in [5.41, 5.74) is 3.72. The Labute approximate surface area is 144 Å². The maximum atomic E-state index is 9.65. The van der Waals surface area contributed by atoms with Crippen LogP contribution >= 0.6 is 0 Å². The van der Waals surface area contributed by atoms with Gasteiger partial charge in [0.15, 0.2) is 5.82 Å². The lowest BCUT2D eigenvalue weighted by molar-refractivity contribution is 0.475. The zero-order valence-corrected chi connectivity index (χ0v) is 13.9. The first-order valence-corrected chi connectivity index (χ1v) is 7.96. The molecule has 0 radical (unpaired) electrons. The van der Waals surface area contributed by atoms with Gasteiger partial charge in [-0.3, -0.25) is 0 Å². The number of anilines is 2. The number of aryl methyl sites for hydroxylation is 2. The molecule has 0 aliphatic heterocycles. The second kappa shape index (κ2) is 5.90. The van der Waals surface area contributed by atoms with E-state index in [0.717, 1.165) is 22.8 Å². The van der Waals surface area contributed by atoms with E-state index < -0.39 is 0 Å². The molecule has 2 N–H and O–H groups in total. The van der Waals surface area contributed by atoms with Crippen molar-refractivity contribution in [2.45, 2.75) is 13.8 Å². The fourth-order valence-corrected chi connectivity index (χ4v) is 2.63. The summed E-state index contributed by atoms with van der Waals surface area (Å²) in [6.45, 7) is 3.96. The smallest absolute Gasteiger partial charge is 0.254 e. The van der Waals surface area contributed by atoms with Crippen LogP contribution in [-0.2, 0) is 0 Å². The Morgan fingerprint density at radius 3 is 2.52 bits per heavy atom. The van der Waals surface area contributed by atoms with Crippen LogP contribution in [0.4, 0.5) is 11.5 Å². The largest absolute Gasteiger partial charge is 0.508 e. The minimum atomic E-state index is 0.200. The van der Waals surface area contributed by atoms with Gasteiger partial charge in [0.25, 0.3) is 5.78 Å². The fraction of sp³-hybridized carbons (Fsp3) is 0.105. The molecule has 0 saturated carbocycles. The summed E-state index contributed by atoms with van der Waals surface area (Å²) in [7, 11) is 0. The Balaban J connectivity index is 1.80. The van der Waals surface area contributed by atoms with Crippen LogP contribution < -0.4 is 5.32 Å². The van der Waals surface area contributed by atoms with Gasteiger partial charge >= 0.3 is 0 Å². The van der Waals surface area contributed by atoms with Gasteiger partial charge in [0, 0.05) is 29.1 Å². The summed E-state index contributed by atoms with van der Waals surface area (Å²) < 4.78 is 1.67. The van der Waals surface area contributed by atoms with E-state index in [4.69, 9.17) is 0 Å². The van der Waals surface area contributed by atoms with Crippen molar-refractivity contribution in [2.24, 2.45) is 0 Å². The van der Waals surface area contributed by atoms with E-state index >= 15 is 0 Å². The second-order valence-electron chi connectivity index (χ2n) is 5.97. The van der Waals surface area contributed by atoms with Crippen molar-refractivity contribution in [3.8, 4) is 17.1 Å². The van der Waals surface area contributed by atoms with Gasteiger partial charge in [-0.1, -0.05) is 35.9 Å². The molecule has 124 valence electrons. The number of aromatic nitrogens is 4. The minimum absolute atomic E-state index is 0.200. The van der Waals surface area contributed by atoms with E-state index in [1.165, 1.54) is 5.56 Å². The average Bonchev–Trinajstić information content (AvgIpc) is 2.99. The summed E-state index contributed by atoms with van der Waals surface area (Å²) in [5, 5.41) is 17.5. The number of nitrogens with one attached hydrogen (secondary N) is 1. The predicted molar refractivity (Wildman–Crippen MR) is 97.1 cm³/mol. The molecule has 0 saturated heterocycles. The summed E-state index contributed by atoms with van der Waals surface area (Å²) in [6, 6.07) is 16.9. The fourth-order valence-electron chi connectivity index (χ4n) is 2.63. The Morgan fingerprint density at radius 1 is 0.960 bits per heavy atom. The zero-order valence-electron chi connectivity index (χ0n) is 13.9. The molecule has 0 fully saturated rings. The number of phenolic OH excluding ortho intramolecular Hbond substituents is 1. The normalized spacial score (nSPS) is 11.0. The monoisotopic (exact) mass is 331 g/mol. The molecule has 25 heavy (non-hydrogen) atoms. The highest BCUT2D eigenvalue weighted by Gasteiger charge is 2.12. The quantitative estimate of drug-likeness (QED) is 0.596. The van der Waals surface area contributed by atoms with Crippen LogP contribution in [0.5, 0.6) is 5.75 Å². The third-order valence-corrected chi connectivity index (χ3v) is 3.87. The predicted octanol–water partition coefficient (Wildman–Crippen LogP) is 3.86. The van der Waals surface area contributed by atoms with Gasteiger partial charge in [0.1, 0.15) is 11.6 Å². The summed E-state index contributed by atoms with van der Waals surface area (Å²) in [5.74, 6) is 2.08. The molecule has 0 spiro atoms. The number of fused-ring (bicyclic) bond motifs is 1. The van der Waals surface area contributed by atoms with Gasteiger partial charge in [0.2, 0.25) is 0 Å². The van der Waals surface area contributed by atoms with Gasteiger partial charge in [-0.05, 0) is 26.0 Å². The van der Waals surface area contributed by atoms with Crippen molar-refractivity contribution >= 4 is 17.3 Å². The molecule has 6 heteroatoms. The molecular weight excluding hydrogens is 314 g/mol. The van der Waals surface area contributed by atoms with Gasteiger partial charge < -0.3 is 10.4 Å². The van der Waals surface area contributed by atoms with E-state index in [9.17, 15) is 5.11 Å². The van der Waals surface area contributed by atoms with Crippen LogP contribution in [0.1, 0.15) is 11.3 Å². The second-order valence-corrected chi connectivity index (χ2v) is 5.97. The van der Waals surface area contributed by atoms with Crippen molar-refractivity contribution in [3.63, 3.8) is 0 Å². The lowest BCUT2D eigenvalue weighted by atomic mass is 10.1. The van der Waals surface area contributed by atoms with E-state index in [1.807, 2.05) is 50.2 Å². The van der Waals surface area contributed by atoms with Gasteiger partial charge in [-0.15, -0.1) is 5.10 Å². The topological polar surface area (TPSA) is 75.3 Å². The van der Waals surface area contributed by atoms with Crippen molar-refractivity contribution in [3.05, 3.63) is 65.9 Å². The van der Waals surface area contributed by atoms with Gasteiger partial charge in [0.05, 0.1) is 0 Å². The van der Waals surface area contributed by atoms with E-state index in [2.05, 4.69) is 20.4 Å². The highest BCUT2D eigenvalue weighted by molar-refractivity contribution is 5.63. The minimum Gasteiger partial charge on any atom is -0.508 e. The van der Waals surface area contributed by atoms with Crippen molar-refractivity contribution < 1.29 is 5.11 Å². The Hall–Kier alpha value is -3.41. The zero-order chi connectivity index (χ0) is 17.4. The Morgan fingerprint density at radius 2 is 1.76 bits per heavy atom. The molecule has 4 rings (SSSR count). The van der Waals surface area contributed by atoms with E-state index in [0.29, 0.717) is 11.6 Å². The molecule has 0 aliphatic carbocycles. The maximum Gasteiger partial charge on any atom is 0.254 e. The highest BCUT2D eigenvalue weighted by Crippen LogP contribution is 2.23. The Kier molecular flexibility index (Phi) is 3.57. The van der Waals surface area contributed by atoms with E-state index in [1.54, 1.807) is 22.7 Å². The molecule has 0 unspecified atom stereocenters. The molecule has 0 atom stereocenters. The number of hydrogen-bond acceptors (Lipinski definition) is 5.